The molecule has 0 aliphatic carbocycles. The first-order valence-corrected chi connectivity index (χ1v) is 6.93. The third kappa shape index (κ3) is 3.84. The lowest BCUT2D eigenvalue weighted by Crippen LogP contribution is -2.14. The molecule has 0 saturated heterocycles. The van der Waals surface area contributed by atoms with Crippen molar-refractivity contribution in [1.82, 2.24) is 0 Å². The third-order valence-electron chi connectivity index (χ3n) is 3.31. The molecule has 0 aromatic heterocycles. The van der Waals surface area contributed by atoms with Crippen molar-refractivity contribution in [3.05, 3.63) is 63.7 Å². The number of carbonyl (C=O) groups excluding carboxylic acids is 1. The highest BCUT2D eigenvalue weighted by Crippen LogP contribution is 2.23. The standard InChI is InChI=1S/C17H15ClN2O/c1-11-3-4-13(7-12(11)2)9-17(21)20-16-6-5-14(10-19)8-15(16)18/h3-8H,9H2,1-2H3,(H,20,21). The van der Waals surface area contributed by atoms with Crippen molar-refractivity contribution in [3.8, 4) is 6.07 Å². The maximum Gasteiger partial charge on any atom is 0.228 e. The van der Waals surface area contributed by atoms with Crippen molar-refractivity contribution in [2.24, 2.45) is 0 Å². The molecule has 106 valence electrons. The first kappa shape index (κ1) is 15.1. The van der Waals surface area contributed by atoms with Crippen LogP contribution in [-0.4, -0.2) is 5.91 Å². The summed E-state index contributed by atoms with van der Waals surface area (Å²) in [6.45, 7) is 4.06. The molecule has 0 saturated carbocycles. The maximum absolute atomic E-state index is 12.1. The van der Waals surface area contributed by atoms with Crippen molar-refractivity contribution < 1.29 is 4.79 Å². The molecule has 21 heavy (non-hydrogen) atoms. The van der Waals surface area contributed by atoms with Crippen LogP contribution in [0, 0.1) is 25.2 Å². The molecule has 2 aromatic rings. The zero-order valence-electron chi connectivity index (χ0n) is 11.9. The summed E-state index contributed by atoms with van der Waals surface area (Å²) in [4.78, 5) is 12.1. The Kier molecular flexibility index (Phi) is 4.62. The van der Waals surface area contributed by atoms with Gasteiger partial charge in [-0.15, -0.1) is 0 Å². The van der Waals surface area contributed by atoms with Crippen LogP contribution in [0.4, 0.5) is 5.69 Å². The Balaban J connectivity index is 2.08. The largest absolute Gasteiger partial charge is 0.324 e. The Labute approximate surface area is 129 Å². The lowest BCUT2D eigenvalue weighted by molar-refractivity contribution is -0.115. The van der Waals surface area contributed by atoms with E-state index in [4.69, 9.17) is 16.9 Å². The topological polar surface area (TPSA) is 52.9 Å². The molecule has 0 radical (unpaired) electrons. The quantitative estimate of drug-likeness (QED) is 0.931. The minimum atomic E-state index is -0.134. The number of nitriles is 1. The molecule has 2 rings (SSSR count). The molecule has 1 amide bonds. The van der Waals surface area contributed by atoms with E-state index in [0.717, 1.165) is 11.1 Å². The number of anilines is 1. The van der Waals surface area contributed by atoms with E-state index in [9.17, 15) is 4.79 Å². The summed E-state index contributed by atoms with van der Waals surface area (Å²) in [6, 6.07) is 12.8. The average molecular weight is 299 g/mol. The van der Waals surface area contributed by atoms with E-state index in [0.29, 0.717) is 16.3 Å². The highest BCUT2D eigenvalue weighted by Gasteiger charge is 2.08. The molecular weight excluding hydrogens is 284 g/mol. The monoisotopic (exact) mass is 298 g/mol. The fourth-order valence-electron chi connectivity index (χ4n) is 1.98. The van der Waals surface area contributed by atoms with Crippen LogP contribution >= 0.6 is 11.6 Å². The van der Waals surface area contributed by atoms with Gasteiger partial charge in [-0.3, -0.25) is 4.79 Å². The van der Waals surface area contributed by atoms with E-state index in [-0.39, 0.29) is 12.3 Å². The van der Waals surface area contributed by atoms with Crippen LogP contribution < -0.4 is 5.32 Å². The fourth-order valence-corrected chi connectivity index (χ4v) is 2.21. The molecule has 0 bridgehead atoms. The number of nitrogens with one attached hydrogen (secondary N) is 1. The van der Waals surface area contributed by atoms with Gasteiger partial charge in [0.05, 0.1) is 28.8 Å². The Morgan fingerprint density at radius 2 is 1.95 bits per heavy atom. The van der Waals surface area contributed by atoms with Gasteiger partial charge in [-0.2, -0.15) is 5.26 Å². The highest BCUT2D eigenvalue weighted by atomic mass is 35.5. The molecule has 3 nitrogen and oxygen atoms in total. The van der Waals surface area contributed by atoms with Crippen molar-refractivity contribution >= 4 is 23.2 Å². The number of halogens is 1. The van der Waals surface area contributed by atoms with Gasteiger partial charge in [-0.1, -0.05) is 29.8 Å². The Morgan fingerprint density at radius 3 is 2.57 bits per heavy atom. The summed E-state index contributed by atoms with van der Waals surface area (Å²) in [7, 11) is 0. The summed E-state index contributed by atoms with van der Waals surface area (Å²) < 4.78 is 0. The molecule has 1 N–H and O–H groups in total. The lowest BCUT2D eigenvalue weighted by Gasteiger charge is -2.08. The van der Waals surface area contributed by atoms with E-state index >= 15 is 0 Å². The van der Waals surface area contributed by atoms with Crippen LogP contribution in [0.15, 0.2) is 36.4 Å². The van der Waals surface area contributed by atoms with Crippen LogP contribution in [0.2, 0.25) is 5.02 Å². The van der Waals surface area contributed by atoms with Crippen molar-refractivity contribution in [3.63, 3.8) is 0 Å². The van der Waals surface area contributed by atoms with Crippen LogP contribution in [0.25, 0.3) is 0 Å². The summed E-state index contributed by atoms with van der Waals surface area (Å²) >= 11 is 6.04. The van der Waals surface area contributed by atoms with Crippen molar-refractivity contribution in [1.29, 1.82) is 5.26 Å². The van der Waals surface area contributed by atoms with Crippen LogP contribution in [-0.2, 0) is 11.2 Å². The summed E-state index contributed by atoms with van der Waals surface area (Å²) in [6.07, 6.45) is 0.289. The maximum atomic E-state index is 12.1. The number of aryl methyl sites for hydroxylation is 2. The predicted molar refractivity (Wildman–Crippen MR) is 84.4 cm³/mol. The van der Waals surface area contributed by atoms with Crippen molar-refractivity contribution in [2.75, 3.05) is 5.32 Å². The average Bonchev–Trinajstić information content (AvgIpc) is 2.45. The Bertz CT molecular complexity index is 732. The SMILES string of the molecule is Cc1ccc(CC(=O)Nc2ccc(C#N)cc2Cl)cc1C. The minimum Gasteiger partial charge on any atom is -0.324 e. The molecule has 0 unspecified atom stereocenters. The normalized spacial score (nSPS) is 10.0. The van der Waals surface area contributed by atoms with Gasteiger partial charge in [-0.05, 0) is 48.7 Å². The second-order valence-corrected chi connectivity index (χ2v) is 5.36. The predicted octanol–water partition coefficient (Wildman–Crippen LogP) is 4.01. The van der Waals surface area contributed by atoms with E-state index < -0.39 is 0 Å². The van der Waals surface area contributed by atoms with Gasteiger partial charge in [0.25, 0.3) is 0 Å². The molecule has 0 heterocycles. The number of carbonyl (C=O) groups is 1. The third-order valence-corrected chi connectivity index (χ3v) is 3.62. The number of rotatable bonds is 3. The van der Waals surface area contributed by atoms with Crippen molar-refractivity contribution in [2.45, 2.75) is 20.3 Å². The second kappa shape index (κ2) is 6.43. The number of benzene rings is 2. The van der Waals surface area contributed by atoms with E-state index in [1.807, 2.05) is 38.1 Å². The smallest absolute Gasteiger partial charge is 0.228 e. The van der Waals surface area contributed by atoms with Gasteiger partial charge < -0.3 is 5.32 Å². The van der Waals surface area contributed by atoms with E-state index in [2.05, 4.69) is 5.32 Å². The van der Waals surface area contributed by atoms with Crippen LogP contribution in [0.3, 0.4) is 0 Å². The molecule has 4 heteroatoms. The fraction of sp³-hybridized carbons (Fsp3) is 0.176. The molecule has 0 aliphatic rings. The number of hydrogen-bond acceptors (Lipinski definition) is 2. The van der Waals surface area contributed by atoms with Gasteiger partial charge in [0, 0.05) is 0 Å². The molecule has 0 atom stereocenters. The molecule has 0 fully saturated rings. The number of nitrogens with zero attached hydrogens (tertiary/aromatic N) is 1. The Hall–Kier alpha value is -2.31. The zero-order valence-corrected chi connectivity index (χ0v) is 12.7. The summed E-state index contributed by atoms with van der Waals surface area (Å²) in [5, 5.41) is 11.9. The van der Waals surface area contributed by atoms with E-state index in [1.54, 1.807) is 12.1 Å². The second-order valence-electron chi connectivity index (χ2n) is 4.95. The first-order valence-electron chi connectivity index (χ1n) is 6.55. The number of hydrogen-bond donors (Lipinski definition) is 1. The van der Waals surface area contributed by atoms with Crippen LogP contribution in [0.1, 0.15) is 22.3 Å². The Morgan fingerprint density at radius 1 is 1.19 bits per heavy atom. The molecule has 0 spiro atoms. The van der Waals surface area contributed by atoms with Gasteiger partial charge in [0.1, 0.15) is 0 Å². The minimum absolute atomic E-state index is 0.134. The number of amides is 1. The molecular formula is C17H15ClN2O. The van der Waals surface area contributed by atoms with Gasteiger partial charge in [-0.25, -0.2) is 0 Å². The van der Waals surface area contributed by atoms with E-state index in [1.165, 1.54) is 11.6 Å². The highest BCUT2D eigenvalue weighted by molar-refractivity contribution is 6.33. The van der Waals surface area contributed by atoms with Gasteiger partial charge in [0.2, 0.25) is 5.91 Å². The van der Waals surface area contributed by atoms with Crippen LogP contribution in [0.5, 0.6) is 0 Å². The van der Waals surface area contributed by atoms with Gasteiger partial charge >= 0.3 is 0 Å². The van der Waals surface area contributed by atoms with Gasteiger partial charge in [0.15, 0.2) is 0 Å². The molecule has 0 aliphatic heterocycles. The molecule has 2 aromatic carbocycles. The summed E-state index contributed by atoms with van der Waals surface area (Å²) in [5.74, 6) is -0.134. The zero-order chi connectivity index (χ0) is 15.4. The summed E-state index contributed by atoms with van der Waals surface area (Å²) in [5.41, 5.74) is 4.31. The first-order chi connectivity index (χ1) is 9.99. The lowest BCUT2D eigenvalue weighted by atomic mass is 10.0.